The zero-order valence-electron chi connectivity index (χ0n) is 12.2. The van der Waals surface area contributed by atoms with Crippen LogP contribution in [0.2, 0.25) is 0 Å². The largest absolute Gasteiger partial charge is 0.383 e. The first-order valence-corrected chi connectivity index (χ1v) is 6.99. The number of nitrogens with zero attached hydrogens (tertiary/aromatic N) is 3. The van der Waals surface area contributed by atoms with Gasteiger partial charge in [0.25, 0.3) is 5.91 Å². The molecule has 0 unspecified atom stereocenters. The van der Waals surface area contributed by atoms with E-state index in [9.17, 15) is 4.79 Å². The summed E-state index contributed by atoms with van der Waals surface area (Å²) in [5.74, 6) is -0.211. The zero-order valence-corrected chi connectivity index (χ0v) is 12.2. The molecule has 3 rings (SSSR count). The van der Waals surface area contributed by atoms with Crippen LogP contribution in [-0.2, 0) is 17.8 Å². The third-order valence-electron chi connectivity index (χ3n) is 3.45. The van der Waals surface area contributed by atoms with Gasteiger partial charge < -0.3 is 14.6 Å². The number of para-hydroxylation sites is 1. The number of fused-ring (bicyclic) bond motifs is 1. The molecule has 1 aromatic carbocycles. The highest BCUT2D eigenvalue weighted by atomic mass is 16.5. The molecule has 3 aromatic rings. The Morgan fingerprint density at radius 2 is 2.27 bits per heavy atom. The molecule has 0 spiro atoms. The van der Waals surface area contributed by atoms with Crippen molar-refractivity contribution in [3.8, 4) is 0 Å². The van der Waals surface area contributed by atoms with Gasteiger partial charge in [-0.05, 0) is 6.07 Å². The second kappa shape index (κ2) is 6.40. The molecule has 0 radical (unpaired) electrons. The molecule has 2 heterocycles. The summed E-state index contributed by atoms with van der Waals surface area (Å²) in [6.45, 7) is 1.69. The fraction of sp³-hybridized carbons (Fsp3) is 0.267. The minimum absolute atomic E-state index is 0.211. The molecular formula is C15H17N5O2. The van der Waals surface area contributed by atoms with Gasteiger partial charge in [-0.2, -0.15) is 5.10 Å². The van der Waals surface area contributed by atoms with Crippen molar-refractivity contribution in [2.24, 2.45) is 0 Å². The van der Waals surface area contributed by atoms with Crippen LogP contribution < -0.4 is 5.32 Å². The molecule has 114 valence electrons. The molecule has 0 bridgehead atoms. The Hall–Kier alpha value is -2.67. The molecule has 22 heavy (non-hydrogen) atoms. The number of hydrogen-bond donors (Lipinski definition) is 2. The number of carbonyl (C=O) groups is 1. The number of benzene rings is 1. The Morgan fingerprint density at radius 3 is 3.14 bits per heavy atom. The summed E-state index contributed by atoms with van der Waals surface area (Å²) in [7, 11) is 1.65. The molecule has 0 aliphatic rings. The van der Waals surface area contributed by atoms with Gasteiger partial charge in [-0.25, -0.2) is 4.98 Å². The number of H-pyrrole nitrogens is 1. The van der Waals surface area contributed by atoms with Crippen molar-refractivity contribution in [1.29, 1.82) is 0 Å². The summed E-state index contributed by atoms with van der Waals surface area (Å²) in [6, 6.07) is 7.54. The molecule has 2 aromatic heterocycles. The number of carbonyl (C=O) groups excluding carboxylic acids is 1. The molecule has 0 aliphatic heterocycles. The van der Waals surface area contributed by atoms with Crippen LogP contribution in [0.3, 0.4) is 0 Å². The topological polar surface area (TPSA) is 84.8 Å². The van der Waals surface area contributed by atoms with E-state index >= 15 is 0 Å². The fourth-order valence-electron chi connectivity index (χ4n) is 2.28. The van der Waals surface area contributed by atoms with Gasteiger partial charge in [-0.1, -0.05) is 18.2 Å². The van der Waals surface area contributed by atoms with Crippen molar-refractivity contribution in [1.82, 2.24) is 25.1 Å². The number of rotatable bonds is 6. The first-order chi connectivity index (χ1) is 10.8. The van der Waals surface area contributed by atoms with Crippen molar-refractivity contribution in [3.63, 3.8) is 0 Å². The number of aromatic nitrogens is 4. The molecule has 0 atom stereocenters. The maximum absolute atomic E-state index is 12.3. The van der Waals surface area contributed by atoms with Gasteiger partial charge in [-0.15, -0.1) is 0 Å². The summed E-state index contributed by atoms with van der Waals surface area (Å²) in [6.07, 6.45) is 3.46. The average molecular weight is 299 g/mol. The van der Waals surface area contributed by atoms with Crippen LogP contribution in [0.25, 0.3) is 10.9 Å². The highest BCUT2D eigenvalue weighted by Gasteiger charge is 2.14. The van der Waals surface area contributed by atoms with Gasteiger partial charge in [-0.3, -0.25) is 9.89 Å². The van der Waals surface area contributed by atoms with Gasteiger partial charge in [0.1, 0.15) is 0 Å². The lowest BCUT2D eigenvalue weighted by Crippen LogP contribution is -2.25. The van der Waals surface area contributed by atoms with Gasteiger partial charge in [0.15, 0.2) is 5.69 Å². The normalized spacial score (nSPS) is 11.0. The van der Waals surface area contributed by atoms with E-state index in [1.54, 1.807) is 19.6 Å². The maximum Gasteiger partial charge on any atom is 0.272 e. The molecule has 1 amide bonds. The lowest BCUT2D eigenvalue weighted by Gasteiger charge is -2.08. The van der Waals surface area contributed by atoms with E-state index in [0.29, 0.717) is 25.4 Å². The van der Waals surface area contributed by atoms with Crippen molar-refractivity contribution in [2.45, 2.75) is 13.1 Å². The first kappa shape index (κ1) is 14.3. The van der Waals surface area contributed by atoms with Crippen LogP contribution in [0.15, 0.2) is 36.8 Å². The van der Waals surface area contributed by atoms with Crippen LogP contribution in [0.5, 0.6) is 0 Å². The molecule has 0 saturated heterocycles. The summed E-state index contributed by atoms with van der Waals surface area (Å²) < 4.78 is 7.00. The molecule has 0 saturated carbocycles. The molecule has 2 N–H and O–H groups in total. The number of aromatic amines is 1. The number of methoxy groups -OCH3 is 1. The Labute approximate surface area is 127 Å². The second-order valence-corrected chi connectivity index (χ2v) is 4.87. The Balaban J connectivity index is 1.69. The molecule has 0 aliphatic carbocycles. The molecular weight excluding hydrogens is 282 g/mol. The smallest absolute Gasteiger partial charge is 0.272 e. The number of amides is 1. The van der Waals surface area contributed by atoms with Gasteiger partial charge in [0.05, 0.1) is 30.7 Å². The highest BCUT2D eigenvalue weighted by Crippen LogP contribution is 2.14. The minimum atomic E-state index is -0.211. The van der Waals surface area contributed by atoms with Crippen molar-refractivity contribution in [2.75, 3.05) is 13.7 Å². The van der Waals surface area contributed by atoms with E-state index in [1.165, 1.54) is 0 Å². The minimum Gasteiger partial charge on any atom is -0.383 e. The predicted molar refractivity (Wildman–Crippen MR) is 81.4 cm³/mol. The molecule has 7 heteroatoms. The summed E-state index contributed by atoms with van der Waals surface area (Å²) in [4.78, 5) is 16.4. The second-order valence-electron chi connectivity index (χ2n) is 4.87. The summed E-state index contributed by atoms with van der Waals surface area (Å²) in [5.41, 5.74) is 2.17. The lowest BCUT2D eigenvalue weighted by molar-refractivity contribution is 0.0946. The standard InChI is InChI=1S/C15H17N5O2/c1-22-7-6-20-10-16-8-11(20)9-17-15(21)14-12-4-2-3-5-13(12)18-19-14/h2-5,8,10H,6-7,9H2,1H3,(H,17,21)(H,18,19). The van der Waals surface area contributed by atoms with E-state index in [0.717, 1.165) is 16.6 Å². The maximum atomic E-state index is 12.3. The van der Waals surface area contributed by atoms with Gasteiger partial charge in [0, 0.05) is 25.2 Å². The zero-order chi connectivity index (χ0) is 15.4. The Bertz CT molecular complexity index is 777. The van der Waals surface area contributed by atoms with Crippen LogP contribution in [0.4, 0.5) is 0 Å². The SMILES string of the molecule is COCCn1cncc1CNC(=O)c1n[nH]c2ccccc12. The molecule has 0 fully saturated rings. The van der Waals surface area contributed by atoms with Crippen LogP contribution in [0.1, 0.15) is 16.2 Å². The predicted octanol–water partition coefficient (Wildman–Crippen LogP) is 1.34. The van der Waals surface area contributed by atoms with E-state index in [-0.39, 0.29) is 5.91 Å². The number of ether oxygens (including phenoxy) is 1. The van der Waals surface area contributed by atoms with Crippen molar-refractivity contribution < 1.29 is 9.53 Å². The van der Waals surface area contributed by atoms with Gasteiger partial charge >= 0.3 is 0 Å². The quantitative estimate of drug-likeness (QED) is 0.719. The van der Waals surface area contributed by atoms with Crippen LogP contribution in [-0.4, -0.2) is 39.4 Å². The van der Waals surface area contributed by atoms with E-state index in [2.05, 4.69) is 20.5 Å². The number of hydrogen-bond acceptors (Lipinski definition) is 4. The van der Waals surface area contributed by atoms with Crippen molar-refractivity contribution in [3.05, 3.63) is 48.2 Å². The van der Waals surface area contributed by atoms with Crippen LogP contribution in [0, 0.1) is 0 Å². The van der Waals surface area contributed by atoms with E-state index in [1.807, 2.05) is 28.8 Å². The van der Waals surface area contributed by atoms with Crippen molar-refractivity contribution >= 4 is 16.8 Å². The molecule has 7 nitrogen and oxygen atoms in total. The van der Waals surface area contributed by atoms with E-state index < -0.39 is 0 Å². The Morgan fingerprint density at radius 1 is 1.41 bits per heavy atom. The lowest BCUT2D eigenvalue weighted by atomic mass is 10.2. The number of imidazole rings is 1. The average Bonchev–Trinajstić information content (AvgIpc) is 3.17. The highest BCUT2D eigenvalue weighted by molar-refractivity contribution is 6.04. The monoisotopic (exact) mass is 299 g/mol. The fourth-order valence-corrected chi connectivity index (χ4v) is 2.28. The first-order valence-electron chi connectivity index (χ1n) is 6.99. The Kier molecular flexibility index (Phi) is 4.15. The summed E-state index contributed by atoms with van der Waals surface area (Å²) in [5, 5.41) is 10.6. The third-order valence-corrected chi connectivity index (χ3v) is 3.45. The van der Waals surface area contributed by atoms with Crippen LogP contribution >= 0.6 is 0 Å². The number of nitrogens with one attached hydrogen (secondary N) is 2. The van der Waals surface area contributed by atoms with E-state index in [4.69, 9.17) is 4.74 Å². The van der Waals surface area contributed by atoms with Gasteiger partial charge in [0.2, 0.25) is 0 Å². The summed E-state index contributed by atoms with van der Waals surface area (Å²) >= 11 is 0. The third kappa shape index (κ3) is 2.84.